The van der Waals surface area contributed by atoms with Gasteiger partial charge in [0, 0.05) is 15.4 Å². The molecule has 21 heavy (non-hydrogen) atoms. The summed E-state index contributed by atoms with van der Waals surface area (Å²) >= 11 is 6.31. The van der Waals surface area contributed by atoms with Crippen molar-refractivity contribution in [3.05, 3.63) is 68.1 Å². The fraction of sp³-hybridized carbons (Fsp3) is 0.200. The molecule has 0 aliphatic heterocycles. The van der Waals surface area contributed by atoms with Crippen molar-refractivity contribution >= 4 is 31.9 Å². The van der Waals surface area contributed by atoms with Crippen LogP contribution in [0, 0.1) is 0 Å². The van der Waals surface area contributed by atoms with Gasteiger partial charge >= 0.3 is 6.18 Å². The lowest BCUT2D eigenvalue weighted by Gasteiger charge is -2.18. The molecule has 0 spiro atoms. The number of hydrogen-bond acceptors (Lipinski definition) is 1. The van der Waals surface area contributed by atoms with Gasteiger partial charge in [0.05, 0.1) is 11.7 Å². The summed E-state index contributed by atoms with van der Waals surface area (Å²) in [5.74, 6) is 0. The van der Waals surface area contributed by atoms with Gasteiger partial charge < -0.3 is 5.11 Å². The van der Waals surface area contributed by atoms with Gasteiger partial charge in [0.15, 0.2) is 0 Å². The van der Waals surface area contributed by atoms with Gasteiger partial charge in [-0.05, 0) is 35.4 Å². The Morgan fingerprint density at radius 1 is 0.952 bits per heavy atom. The lowest BCUT2D eigenvalue weighted by Crippen LogP contribution is -2.13. The van der Waals surface area contributed by atoms with Crippen LogP contribution in [0.5, 0.6) is 0 Å². The lowest BCUT2D eigenvalue weighted by atomic mass is 9.97. The minimum absolute atomic E-state index is 0.117. The number of aliphatic hydroxyl groups is 1. The van der Waals surface area contributed by atoms with Gasteiger partial charge in [0.2, 0.25) is 0 Å². The van der Waals surface area contributed by atoms with Crippen LogP contribution in [0.15, 0.2) is 51.4 Å². The molecule has 1 nitrogen and oxygen atoms in total. The summed E-state index contributed by atoms with van der Waals surface area (Å²) in [5.41, 5.74) is -0.170. The number of benzene rings is 2. The summed E-state index contributed by atoms with van der Waals surface area (Å²) in [6, 6.07) is 10.9. The summed E-state index contributed by atoms with van der Waals surface area (Å²) < 4.78 is 40.3. The highest BCUT2D eigenvalue weighted by atomic mass is 79.9. The Hall–Kier alpha value is -0.850. The Balaban J connectivity index is 2.30. The van der Waals surface area contributed by atoms with E-state index in [-0.39, 0.29) is 12.0 Å². The van der Waals surface area contributed by atoms with Crippen molar-refractivity contribution < 1.29 is 18.3 Å². The van der Waals surface area contributed by atoms with E-state index < -0.39 is 17.8 Å². The van der Waals surface area contributed by atoms with E-state index in [4.69, 9.17) is 0 Å². The van der Waals surface area contributed by atoms with Crippen molar-refractivity contribution in [2.24, 2.45) is 0 Å². The summed E-state index contributed by atoms with van der Waals surface area (Å²) in [5, 5.41) is 10.2. The molecule has 0 aromatic heterocycles. The molecular weight excluding hydrogens is 413 g/mol. The van der Waals surface area contributed by atoms with E-state index in [0.29, 0.717) is 4.47 Å². The predicted molar refractivity (Wildman–Crippen MR) is 81.9 cm³/mol. The van der Waals surface area contributed by atoms with Crippen LogP contribution in [-0.2, 0) is 12.6 Å². The van der Waals surface area contributed by atoms with Gasteiger partial charge in [0.25, 0.3) is 0 Å². The van der Waals surface area contributed by atoms with Gasteiger partial charge in [-0.15, -0.1) is 0 Å². The molecule has 1 N–H and O–H groups in total. The van der Waals surface area contributed by atoms with Crippen LogP contribution < -0.4 is 0 Å². The highest BCUT2D eigenvalue weighted by molar-refractivity contribution is 9.10. The molecule has 0 aliphatic carbocycles. The molecule has 1 atom stereocenters. The maximum absolute atomic E-state index is 13.0. The van der Waals surface area contributed by atoms with E-state index in [9.17, 15) is 18.3 Å². The Kier molecular flexibility index (Phi) is 5.11. The molecule has 2 aromatic carbocycles. The lowest BCUT2D eigenvalue weighted by molar-refractivity contribution is -0.139. The maximum Gasteiger partial charge on any atom is 0.416 e. The minimum atomic E-state index is -4.50. The van der Waals surface area contributed by atoms with E-state index in [1.54, 1.807) is 24.3 Å². The Morgan fingerprint density at radius 3 is 2.10 bits per heavy atom. The van der Waals surface area contributed by atoms with E-state index in [2.05, 4.69) is 31.9 Å². The standard InChI is InChI=1S/C15H11Br2F3O/c16-10-3-1-9(2-4-10)7-14(21)12-6-5-11(17)8-13(12)15(18,19)20/h1-6,8,14,21H,7H2. The smallest absolute Gasteiger partial charge is 0.388 e. The second-order valence-electron chi connectivity index (χ2n) is 4.58. The van der Waals surface area contributed by atoms with Crippen molar-refractivity contribution in [2.45, 2.75) is 18.7 Å². The number of aliphatic hydroxyl groups excluding tert-OH is 1. The zero-order chi connectivity index (χ0) is 15.6. The molecular formula is C15H11Br2F3O. The summed E-state index contributed by atoms with van der Waals surface area (Å²) in [7, 11) is 0. The average Bonchev–Trinajstić information content (AvgIpc) is 2.40. The highest BCUT2D eigenvalue weighted by Gasteiger charge is 2.35. The molecule has 0 radical (unpaired) electrons. The minimum Gasteiger partial charge on any atom is -0.388 e. The Bertz CT molecular complexity index is 624. The molecule has 0 heterocycles. The molecule has 0 amide bonds. The van der Waals surface area contributed by atoms with Crippen molar-refractivity contribution in [1.82, 2.24) is 0 Å². The fourth-order valence-corrected chi connectivity index (χ4v) is 2.64. The molecule has 0 fully saturated rings. The van der Waals surface area contributed by atoms with Gasteiger partial charge in [0.1, 0.15) is 0 Å². The van der Waals surface area contributed by atoms with Crippen LogP contribution in [0.2, 0.25) is 0 Å². The second kappa shape index (κ2) is 6.50. The van der Waals surface area contributed by atoms with Crippen molar-refractivity contribution in [2.75, 3.05) is 0 Å². The molecule has 0 saturated heterocycles. The second-order valence-corrected chi connectivity index (χ2v) is 6.41. The SMILES string of the molecule is OC(Cc1ccc(Br)cc1)c1ccc(Br)cc1C(F)(F)F. The van der Waals surface area contributed by atoms with Crippen molar-refractivity contribution in [3.63, 3.8) is 0 Å². The molecule has 0 bridgehead atoms. The first kappa shape index (κ1) is 16.5. The first-order valence-electron chi connectivity index (χ1n) is 6.06. The van der Waals surface area contributed by atoms with E-state index in [0.717, 1.165) is 16.1 Å². The van der Waals surface area contributed by atoms with Crippen molar-refractivity contribution in [3.8, 4) is 0 Å². The van der Waals surface area contributed by atoms with E-state index >= 15 is 0 Å². The summed E-state index contributed by atoms with van der Waals surface area (Å²) in [4.78, 5) is 0. The third-order valence-corrected chi connectivity index (χ3v) is 4.04. The molecule has 2 aromatic rings. The molecule has 6 heteroatoms. The van der Waals surface area contributed by atoms with Crippen LogP contribution >= 0.6 is 31.9 Å². The largest absolute Gasteiger partial charge is 0.416 e. The molecule has 0 aliphatic rings. The van der Waals surface area contributed by atoms with Gasteiger partial charge in [-0.3, -0.25) is 0 Å². The third-order valence-electron chi connectivity index (χ3n) is 3.02. The Labute approximate surface area is 137 Å². The first-order chi connectivity index (χ1) is 9.77. The monoisotopic (exact) mass is 422 g/mol. The van der Waals surface area contributed by atoms with Crippen LogP contribution in [0.4, 0.5) is 13.2 Å². The van der Waals surface area contributed by atoms with E-state index in [1.165, 1.54) is 12.1 Å². The zero-order valence-electron chi connectivity index (χ0n) is 10.7. The highest BCUT2D eigenvalue weighted by Crippen LogP contribution is 2.37. The maximum atomic E-state index is 13.0. The van der Waals surface area contributed by atoms with Gasteiger partial charge in [-0.25, -0.2) is 0 Å². The number of hydrogen-bond donors (Lipinski definition) is 1. The van der Waals surface area contributed by atoms with Crippen LogP contribution in [0.1, 0.15) is 22.8 Å². The van der Waals surface area contributed by atoms with Crippen molar-refractivity contribution in [1.29, 1.82) is 0 Å². The summed E-state index contributed by atoms with van der Waals surface area (Å²) in [6.45, 7) is 0. The molecule has 112 valence electrons. The topological polar surface area (TPSA) is 20.2 Å². The zero-order valence-corrected chi connectivity index (χ0v) is 13.8. The Morgan fingerprint density at radius 2 is 1.52 bits per heavy atom. The number of alkyl halides is 3. The fourth-order valence-electron chi connectivity index (χ4n) is 2.02. The van der Waals surface area contributed by atoms with Gasteiger partial charge in [-0.1, -0.05) is 50.1 Å². The first-order valence-corrected chi connectivity index (χ1v) is 7.65. The number of rotatable bonds is 3. The molecule has 1 unspecified atom stereocenters. The van der Waals surface area contributed by atoms with E-state index in [1.807, 2.05) is 0 Å². The predicted octanol–water partition coefficient (Wildman–Crippen LogP) is 5.51. The van der Waals surface area contributed by atoms with Crippen LogP contribution in [-0.4, -0.2) is 5.11 Å². The third kappa shape index (κ3) is 4.31. The summed E-state index contributed by atoms with van der Waals surface area (Å²) in [6.07, 6.45) is -5.59. The molecule has 2 rings (SSSR count). The number of halogens is 5. The average molecular weight is 424 g/mol. The normalized spacial score (nSPS) is 13.2. The molecule has 0 saturated carbocycles. The van der Waals surface area contributed by atoms with Crippen LogP contribution in [0.25, 0.3) is 0 Å². The van der Waals surface area contributed by atoms with Crippen LogP contribution in [0.3, 0.4) is 0 Å². The van der Waals surface area contributed by atoms with Gasteiger partial charge in [-0.2, -0.15) is 13.2 Å². The quantitative estimate of drug-likeness (QED) is 0.690.